The Labute approximate surface area is 205 Å². The third-order valence-corrected chi connectivity index (χ3v) is 5.31. The molecule has 0 saturated heterocycles. The number of hydrogen-bond acceptors (Lipinski definition) is 3. The van der Waals surface area contributed by atoms with Crippen LogP contribution < -0.4 is 20.7 Å². The molecule has 0 atom stereocenters. The Morgan fingerprint density at radius 3 is 2.91 bits per heavy atom. The first-order valence-corrected chi connectivity index (χ1v) is 10.9. The summed E-state index contributed by atoms with van der Waals surface area (Å²) in [6.45, 7) is 4.73. The molecule has 0 aliphatic carbocycles. The zero-order chi connectivity index (χ0) is 21.5. The Morgan fingerprint density at radius 2 is 2.03 bits per heavy atom. The molecule has 7 nitrogen and oxygen atoms in total. The number of fused-ring (bicyclic) bond motifs is 2. The standard InChI is InChI=1S/C24H29N5O2.HI/c1-2-25-24(26-12-11-18-16-28-22-6-4-3-5-20(18)22)27-13-14-31-19-8-9-21-17(15-19)7-10-23(30)29-21;/h3-6,8-9,15-16,28H,2,7,10-14H2,1H3,(H,29,30)(H2,25,26,27);1H. The molecule has 4 N–H and O–H groups in total. The van der Waals surface area contributed by atoms with Crippen LogP contribution in [0.3, 0.4) is 0 Å². The zero-order valence-corrected chi connectivity index (χ0v) is 20.6. The highest BCUT2D eigenvalue weighted by molar-refractivity contribution is 14.0. The van der Waals surface area contributed by atoms with E-state index in [2.05, 4.69) is 57.2 Å². The molecule has 0 radical (unpaired) electrons. The number of halogens is 1. The molecular weight excluding hydrogens is 517 g/mol. The molecule has 32 heavy (non-hydrogen) atoms. The molecule has 1 aliphatic heterocycles. The number of hydrogen-bond donors (Lipinski definition) is 4. The number of rotatable bonds is 8. The van der Waals surface area contributed by atoms with Gasteiger partial charge in [0, 0.05) is 42.3 Å². The summed E-state index contributed by atoms with van der Waals surface area (Å²) >= 11 is 0. The van der Waals surface area contributed by atoms with Crippen LogP contribution >= 0.6 is 24.0 Å². The quantitative estimate of drug-likeness (QED) is 0.149. The second-order valence-corrected chi connectivity index (χ2v) is 7.51. The Hall–Kier alpha value is -2.75. The number of nitrogens with one attached hydrogen (secondary N) is 4. The average Bonchev–Trinajstić information content (AvgIpc) is 3.20. The SMILES string of the molecule is CCNC(=NCCc1c[nH]c2ccccc12)NCCOc1ccc2c(c1)CCC(=O)N2.I. The Morgan fingerprint density at radius 1 is 1.16 bits per heavy atom. The fraction of sp³-hybridized carbons (Fsp3) is 0.333. The molecule has 0 spiro atoms. The van der Waals surface area contributed by atoms with Crippen molar-refractivity contribution in [3.8, 4) is 5.75 Å². The van der Waals surface area contributed by atoms with Crippen LogP contribution in [-0.2, 0) is 17.6 Å². The van der Waals surface area contributed by atoms with Gasteiger partial charge in [0.15, 0.2) is 5.96 Å². The molecule has 1 aliphatic rings. The lowest BCUT2D eigenvalue weighted by molar-refractivity contribution is -0.116. The van der Waals surface area contributed by atoms with Crippen molar-refractivity contribution in [1.29, 1.82) is 0 Å². The van der Waals surface area contributed by atoms with Crippen LogP contribution in [0, 0.1) is 0 Å². The molecule has 1 aromatic heterocycles. The number of para-hydroxylation sites is 1. The van der Waals surface area contributed by atoms with Crippen molar-refractivity contribution in [2.75, 3.05) is 31.6 Å². The first-order valence-electron chi connectivity index (χ1n) is 10.9. The van der Waals surface area contributed by atoms with Crippen molar-refractivity contribution >= 4 is 52.4 Å². The summed E-state index contributed by atoms with van der Waals surface area (Å²) in [4.78, 5) is 19.5. The summed E-state index contributed by atoms with van der Waals surface area (Å²) in [6.07, 6.45) is 4.23. The average molecular weight is 547 g/mol. The van der Waals surface area contributed by atoms with Gasteiger partial charge in [-0.15, -0.1) is 24.0 Å². The third kappa shape index (κ3) is 6.15. The largest absolute Gasteiger partial charge is 0.492 e. The van der Waals surface area contributed by atoms with Crippen LogP contribution in [0.1, 0.15) is 24.5 Å². The van der Waals surface area contributed by atoms with Crippen LogP contribution in [0.25, 0.3) is 10.9 Å². The highest BCUT2D eigenvalue weighted by atomic mass is 127. The number of guanidine groups is 1. The predicted molar refractivity (Wildman–Crippen MR) is 140 cm³/mol. The van der Waals surface area contributed by atoms with E-state index in [4.69, 9.17) is 4.74 Å². The smallest absolute Gasteiger partial charge is 0.224 e. The summed E-state index contributed by atoms with van der Waals surface area (Å²) in [6, 6.07) is 14.1. The molecule has 170 valence electrons. The number of carbonyl (C=O) groups excluding carboxylic acids is 1. The molecule has 8 heteroatoms. The van der Waals surface area contributed by atoms with Crippen molar-refractivity contribution in [3.05, 3.63) is 59.8 Å². The summed E-state index contributed by atoms with van der Waals surface area (Å²) in [5.74, 6) is 1.68. The third-order valence-electron chi connectivity index (χ3n) is 5.31. The van der Waals surface area contributed by atoms with Gasteiger partial charge in [0.1, 0.15) is 12.4 Å². The van der Waals surface area contributed by atoms with Crippen molar-refractivity contribution in [2.45, 2.75) is 26.2 Å². The van der Waals surface area contributed by atoms with Gasteiger partial charge >= 0.3 is 0 Å². The first kappa shape index (κ1) is 23.9. The lowest BCUT2D eigenvalue weighted by Gasteiger charge is -2.18. The van der Waals surface area contributed by atoms with Gasteiger partial charge in [-0.2, -0.15) is 0 Å². The van der Waals surface area contributed by atoms with E-state index in [0.717, 1.165) is 47.9 Å². The van der Waals surface area contributed by atoms with Gasteiger partial charge in [0.2, 0.25) is 5.91 Å². The number of aromatic nitrogens is 1. The summed E-state index contributed by atoms with van der Waals surface area (Å²) in [7, 11) is 0. The van der Waals surface area contributed by atoms with E-state index in [-0.39, 0.29) is 29.9 Å². The fourth-order valence-corrected chi connectivity index (χ4v) is 3.76. The molecule has 0 fully saturated rings. The minimum absolute atomic E-state index is 0. The lowest BCUT2D eigenvalue weighted by atomic mass is 10.0. The first-order chi connectivity index (χ1) is 15.2. The number of nitrogens with zero attached hydrogens (tertiary/aromatic N) is 1. The van der Waals surface area contributed by atoms with E-state index >= 15 is 0 Å². The van der Waals surface area contributed by atoms with Gasteiger partial charge in [-0.25, -0.2) is 0 Å². The second kappa shape index (κ2) is 11.8. The Bertz CT molecular complexity index is 1080. The van der Waals surface area contributed by atoms with Gasteiger partial charge in [0.25, 0.3) is 0 Å². The van der Waals surface area contributed by atoms with E-state index in [1.54, 1.807) is 0 Å². The molecular formula is C24H30IN5O2. The molecule has 1 amide bonds. The number of aliphatic imine (C=N–C) groups is 1. The number of amides is 1. The lowest BCUT2D eigenvalue weighted by Crippen LogP contribution is -2.39. The number of aryl methyl sites for hydroxylation is 1. The zero-order valence-electron chi connectivity index (χ0n) is 18.2. The van der Waals surface area contributed by atoms with E-state index in [1.165, 1.54) is 10.9 Å². The van der Waals surface area contributed by atoms with Crippen molar-refractivity contribution in [1.82, 2.24) is 15.6 Å². The number of ether oxygens (including phenoxy) is 1. The van der Waals surface area contributed by atoms with E-state index in [0.29, 0.717) is 26.1 Å². The maximum Gasteiger partial charge on any atom is 0.224 e. The van der Waals surface area contributed by atoms with Crippen LogP contribution in [0.15, 0.2) is 53.7 Å². The second-order valence-electron chi connectivity index (χ2n) is 7.51. The molecule has 0 bridgehead atoms. The Kier molecular flexibility index (Phi) is 8.78. The van der Waals surface area contributed by atoms with Crippen molar-refractivity contribution in [2.24, 2.45) is 4.99 Å². The topological polar surface area (TPSA) is 90.5 Å². The minimum Gasteiger partial charge on any atom is -0.492 e. The highest BCUT2D eigenvalue weighted by Gasteiger charge is 2.15. The van der Waals surface area contributed by atoms with Crippen LogP contribution in [-0.4, -0.2) is 43.1 Å². The normalized spacial score (nSPS) is 13.2. The number of anilines is 1. The molecule has 3 aromatic rings. The maximum atomic E-state index is 11.5. The maximum absolute atomic E-state index is 11.5. The molecule has 2 aromatic carbocycles. The number of benzene rings is 2. The fourth-order valence-electron chi connectivity index (χ4n) is 3.76. The molecule has 0 unspecified atom stereocenters. The Balaban J connectivity index is 0.00000289. The van der Waals surface area contributed by atoms with Crippen molar-refractivity contribution in [3.63, 3.8) is 0 Å². The predicted octanol–water partition coefficient (Wildman–Crippen LogP) is 3.85. The van der Waals surface area contributed by atoms with Gasteiger partial charge in [-0.05, 0) is 55.2 Å². The number of carbonyl (C=O) groups is 1. The van der Waals surface area contributed by atoms with E-state index in [9.17, 15) is 4.79 Å². The van der Waals surface area contributed by atoms with Gasteiger partial charge < -0.3 is 25.7 Å². The van der Waals surface area contributed by atoms with Crippen molar-refractivity contribution < 1.29 is 9.53 Å². The molecule has 4 rings (SSSR count). The highest BCUT2D eigenvalue weighted by Crippen LogP contribution is 2.26. The summed E-state index contributed by atoms with van der Waals surface area (Å²) in [5, 5.41) is 10.8. The van der Waals surface area contributed by atoms with E-state index < -0.39 is 0 Å². The van der Waals surface area contributed by atoms with Crippen LogP contribution in [0.4, 0.5) is 5.69 Å². The van der Waals surface area contributed by atoms with Crippen LogP contribution in [0.2, 0.25) is 0 Å². The number of H-pyrrole nitrogens is 1. The van der Waals surface area contributed by atoms with Gasteiger partial charge in [0.05, 0.1) is 6.54 Å². The van der Waals surface area contributed by atoms with Gasteiger partial charge in [-0.1, -0.05) is 18.2 Å². The minimum atomic E-state index is 0. The van der Waals surface area contributed by atoms with E-state index in [1.807, 2.05) is 24.3 Å². The summed E-state index contributed by atoms with van der Waals surface area (Å²) < 4.78 is 5.88. The van der Waals surface area contributed by atoms with Crippen LogP contribution in [0.5, 0.6) is 5.75 Å². The number of aromatic amines is 1. The summed E-state index contributed by atoms with van der Waals surface area (Å²) in [5.41, 5.74) is 4.45. The monoisotopic (exact) mass is 547 g/mol. The van der Waals surface area contributed by atoms with Gasteiger partial charge in [-0.3, -0.25) is 9.79 Å². The molecule has 2 heterocycles. The molecule has 0 saturated carbocycles.